The molecule has 3 heteroatoms. The van der Waals surface area contributed by atoms with Crippen molar-refractivity contribution in [3.63, 3.8) is 0 Å². The lowest BCUT2D eigenvalue weighted by atomic mass is 9.90. The number of fused-ring (bicyclic) bond motifs is 2. The van der Waals surface area contributed by atoms with Crippen LogP contribution in [0.2, 0.25) is 0 Å². The molecule has 2 aliphatic carbocycles. The van der Waals surface area contributed by atoms with Crippen LogP contribution < -0.4 is 0 Å². The molecule has 3 unspecified atom stereocenters. The van der Waals surface area contributed by atoms with Crippen LogP contribution in [0.1, 0.15) is 25.7 Å². The van der Waals surface area contributed by atoms with Crippen LogP contribution in [0, 0.1) is 17.8 Å². The lowest BCUT2D eigenvalue weighted by Gasteiger charge is -2.20. The fraction of sp³-hybridized carbons (Fsp3) is 0.889. The molecule has 0 aromatic heterocycles. The van der Waals surface area contributed by atoms with Gasteiger partial charge in [0.05, 0.1) is 6.61 Å². The smallest absolute Gasteiger partial charge is 0.450 e. The maximum atomic E-state index is 10.1. The Bertz CT molecular complexity index is 190. The molecule has 0 aromatic rings. The van der Waals surface area contributed by atoms with Gasteiger partial charge in [-0.2, -0.15) is 0 Å². The van der Waals surface area contributed by atoms with Crippen LogP contribution in [0.15, 0.2) is 0 Å². The van der Waals surface area contributed by atoms with E-state index in [0.29, 0.717) is 12.5 Å². The molecule has 2 rings (SSSR count). The molecule has 2 aliphatic rings. The van der Waals surface area contributed by atoms with Crippen molar-refractivity contribution in [3.05, 3.63) is 0 Å². The van der Waals surface area contributed by atoms with E-state index in [2.05, 4.69) is 4.74 Å². The van der Waals surface area contributed by atoms with Crippen LogP contribution in [0.25, 0.3) is 0 Å². The van der Waals surface area contributed by atoms with Crippen LogP contribution in [0.3, 0.4) is 0 Å². The molecule has 0 amide bonds. The van der Waals surface area contributed by atoms with E-state index in [1.807, 2.05) is 0 Å². The fourth-order valence-electron chi connectivity index (χ4n) is 2.76. The number of hydrogen-bond donors (Lipinski definition) is 1. The van der Waals surface area contributed by atoms with Crippen LogP contribution in [0.4, 0.5) is 4.79 Å². The van der Waals surface area contributed by atoms with Crippen molar-refractivity contribution in [3.8, 4) is 0 Å². The summed E-state index contributed by atoms with van der Waals surface area (Å²) in [7, 11) is 0. The molecule has 0 saturated heterocycles. The zero-order valence-electron chi connectivity index (χ0n) is 7.03. The van der Waals surface area contributed by atoms with Gasteiger partial charge >= 0.3 is 6.16 Å². The van der Waals surface area contributed by atoms with E-state index in [1.54, 1.807) is 0 Å². The van der Waals surface area contributed by atoms with Crippen LogP contribution in [0.5, 0.6) is 0 Å². The summed E-state index contributed by atoms with van der Waals surface area (Å²) in [6.45, 7) is 0.427. The molecule has 0 radical (unpaired) electrons. The molecule has 3 atom stereocenters. The summed E-state index contributed by atoms with van der Waals surface area (Å²) in [6, 6.07) is 0. The summed E-state index contributed by atoms with van der Waals surface area (Å²) in [4.78, 5) is 10.1. The zero-order chi connectivity index (χ0) is 8.55. The van der Waals surface area contributed by atoms with Crippen molar-refractivity contribution in [2.75, 3.05) is 6.61 Å². The molecule has 2 saturated carbocycles. The van der Waals surface area contributed by atoms with Crippen molar-refractivity contribution in [2.24, 2.45) is 17.8 Å². The zero-order valence-corrected chi connectivity index (χ0v) is 7.03. The quantitative estimate of drug-likeness (QED) is 0.645. The summed E-state index contributed by atoms with van der Waals surface area (Å²) >= 11 is 0. The molecule has 3 nitrogen and oxygen atoms in total. The lowest BCUT2D eigenvalue weighted by molar-refractivity contribution is 0.0668. The predicted octanol–water partition coefficient (Wildman–Crippen LogP) is 2.12. The van der Waals surface area contributed by atoms with Crippen LogP contribution >= 0.6 is 0 Å². The first-order valence-corrected chi connectivity index (χ1v) is 4.61. The summed E-state index contributed by atoms with van der Waals surface area (Å²) in [5.74, 6) is 2.16. The maximum absolute atomic E-state index is 10.1. The molecular weight excluding hydrogens is 156 g/mol. The average molecular weight is 170 g/mol. The Morgan fingerprint density at radius 1 is 1.42 bits per heavy atom. The third-order valence-corrected chi connectivity index (χ3v) is 3.31. The molecule has 1 N–H and O–H groups in total. The predicted molar refractivity (Wildman–Crippen MR) is 42.9 cm³/mol. The third-order valence-electron chi connectivity index (χ3n) is 3.31. The Morgan fingerprint density at radius 2 is 2.25 bits per heavy atom. The highest BCUT2D eigenvalue weighted by Gasteiger charge is 2.39. The second-order valence-electron chi connectivity index (χ2n) is 4.01. The van der Waals surface area contributed by atoms with Crippen LogP contribution in [-0.4, -0.2) is 17.9 Å². The average Bonchev–Trinajstić information content (AvgIpc) is 2.60. The molecule has 0 heterocycles. The Labute approximate surface area is 71.7 Å². The largest absolute Gasteiger partial charge is 0.505 e. The van der Waals surface area contributed by atoms with Crippen molar-refractivity contribution in [1.29, 1.82) is 0 Å². The van der Waals surface area contributed by atoms with Crippen LogP contribution in [-0.2, 0) is 4.74 Å². The topological polar surface area (TPSA) is 46.5 Å². The van der Waals surface area contributed by atoms with E-state index in [1.165, 1.54) is 25.7 Å². The summed E-state index contributed by atoms with van der Waals surface area (Å²) < 4.78 is 4.60. The van der Waals surface area contributed by atoms with Gasteiger partial charge in [0, 0.05) is 0 Å². The number of ether oxygens (including phenoxy) is 1. The molecule has 68 valence electrons. The van der Waals surface area contributed by atoms with E-state index in [0.717, 1.165) is 11.8 Å². The summed E-state index contributed by atoms with van der Waals surface area (Å²) in [5.41, 5.74) is 0. The van der Waals surface area contributed by atoms with Gasteiger partial charge in [0.1, 0.15) is 0 Å². The van der Waals surface area contributed by atoms with E-state index in [-0.39, 0.29) is 0 Å². The number of carboxylic acid groups (broad SMARTS) is 1. The third kappa shape index (κ3) is 1.40. The summed E-state index contributed by atoms with van der Waals surface area (Å²) in [5, 5.41) is 8.32. The van der Waals surface area contributed by atoms with Gasteiger partial charge in [0.25, 0.3) is 0 Å². The minimum atomic E-state index is -1.13. The van der Waals surface area contributed by atoms with E-state index >= 15 is 0 Å². The van der Waals surface area contributed by atoms with Crippen molar-refractivity contribution < 1.29 is 14.6 Å². The van der Waals surface area contributed by atoms with Gasteiger partial charge in [-0.3, -0.25) is 0 Å². The Kier molecular flexibility index (Phi) is 1.95. The van der Waals surface area contributed by atoms with Crippen molar-refractivity contribution >= 4 is 6.16 Å². The highest BCUT2D eigenvalue weighted by atomic mass is 16.7. The van der Waals surface area contributed by atoms with Gasteiger partial charge in [-0.15, -0.1) is 0 Å². The first-order valence-electron chi connectivity index (χ1n) is 4.61. The van der Waals surface area contributed by atoms with E-state index in [9.17, 15) is 4.79 Å². The molecule has 0 spiro atoms. The lowest BCUT2D eigenvalue weighted by Crippen LogP contribution is -2.18. The van der Waals surface area contributed by atoms with Gasteiger partial charge in [-0.25, -0.2) is 4.79 Å². The number of hydrogen-bond acceptors (Lipinski definition) is 2. The fourth-order valence-corrected chi connectivity index (χ4v) is 2.76. The van der Waals surface area contributed by atoms with Gasteiger partial charge < -0.3 is 9.84 Å². The summed E-state index contributed by atoms with van der Waals surface area (Å²) in [6.07, 6.45) is 4.02. The first kappa shape index (κ1) is 7.90. The first-order chi connectivity index (χ1) is 5.75. The van der Waals surface area contributed by atoms with Gasteiger partial charge in [0.15, 0.2) is 0 Å². The van der Waals surface area contributed by atoms with E-state index in [4.69, 9.17) is 5.11 Å². The van der Waals surface area contributed by atoms with Crippen molar-refractivity contribution in [2.45, 2.75) is 25.7 Å². The van der Waals surface area contributed by atoms with E-state index < -0.39 is 6.16 Å². The molecule has 2 fully saturated rings. The van der Waals surface area contributed by atoms with Gasteiger partial charge in [-0.1, -0.05) is 6.42 Å². The monoisotopic (exact) mass is 170 g/mol. The molecule has 12 heavy (non-hydrogen) atoms. The standard InChI is InChI=1S/C9H14O3/c10-9(11)12-5-8-4-6-1-2-7(8)3-6/h6-8H,1-5H2,(H,10,11). The SMILES string of the molecule is O=C(O)OCC1CC2CCC1C2. The second kappa shape index (κ2) is 2.96. The Balaban J connectivity index is 1.79. The normalized spacial score (nSPS) is 38.5. The highest BCUT2D eigenvalue weighted by molar-refractivity contribution is 5.56. The minimum absolute atomic E-state index is 0.427. The molecule has 2 bridgehead atoms. The Hall–Kier alpha value is -0.730. The molecule has 0 aliphatic heterocycles. The minimum Gasteiger partial charge on any atom is -0.450 e. The van der Waals surface area contributed by atoms with Crippen molar-refractivity contribution in [1.82, 2.24) is 0 Å². The molecular formula is C9H14O3. The Morgan fingerprint density at radius 3 is 2.75 bits per heavy atom. The maximum Gasteiger partial charge on any atom is 0.505 e. The molecule has 0 aromatic carbocycles. The van der Waals surface area contributed by atoms with Gasteiger partial charge in [0.2, 0.25) is 0 Å². The second-order valence-corrected chi connectivity index (χ2v) is 4.01. The highest BCUT2D eigenvalue weighted by Crippen LogP contribution is 2.48. The number of rotatable bonds is 2. The number of carbonyl (C=O) groups is 1. The van der Waals surface area contributed by atoms with Gasteiger partial charge in [-0.05, 0) is 37.0 Å².